The van der Waals surface area contributed by atoms with Gasteiger partial charge in [0.25, 0.3) is 0 Å². The van der Waals surface area contributed by atoms with Gasteiger partial charge in [0.1, 0.15) is 11.9 Å². The van der Waals surface area contributed by atoms with Gasteiger partial charge in [-0.1, -0.05) is 58.3 Å². The molecule has 0 aromatic rings. The van der Waals surface area contributed by atoms with E-state index >= 15 is 0 Å². The summed E-state index contributed by atoms with van der Waals surface area (Å²) in [6, 6.07) is 0. The van der Waals surface area contributed by atoms with Crippen LogP contribution in [0.2, 0.25) is 0 Å². The van der Waals surface area contributed by atoms with Crippen molar-refractivity contribution in [3.05, 3.63) is 0 Å². The second-order valence-corrected chi connectivity index (χ2v) is 7.34. The molecule has 0 bridgehead atoms. The number of hydrogen-bond donors (Lipinski definition) is 1. The minimum Gasteiger partial charge on any atom is -0.316 e. The predicted molar refractivity (Wildman–Crippen MR) is 92.1 cm³/mol. The molecule has 0 radical (unpaired) electrons. The van der Waals surface area contributed by atoms with Crippen LogP contribution in [0, 0.1) is 0 Å². The van der Waals surface area contributed by atoms with E-state index in [1.54, 1.807) is 0 Å². The topological polar surface area (TPSA) is 43.1 Å². The number of ketones is 1. The Labute approximate surface area is 132 Å². The van der Waals surface area contributed by atoms with Gasteiger partial charge >= 0.3 is 0 Å². The Morgan fingerprint density at radius 3 is 1.81 bits per heavy atom. The predicted octanol–water partition coefficient (Wildman–Crippen LogP) is 4.25. The lowest BCUT2D eigenvalue weighted by molar-refractivity contribution is -0.896. The van der Waals surface area contributed by atoms with Crippen LogP contribution in [-0.4, -0.2) is 37.6 Å². The molecule has 0 aromatic carbocycles. The Bertz CT molecular complexity index is 258. The van der Waals surface area contributed by atoms with Gasteiger partial charge in [-0.25, -0.2) is 0 Å². The van der Waals surface area contributed by atoms with E-state index in [4.69, 9.17) is 5.73 Å². The Morgan fingerprint density at radius 1 is 0.857 bits per heavy atom. The van der Waals surface area contributed by atoms with E-state index in [0.29, 0.717) is 12.2 Å². The highest BCUT2D eigenvalue weighted by Crippen LogP contribution is 2.12. The van der Waals surface area contributed by atoms with Crippen molar-refractivity contribution in [2.24, 2.45) is 5.73 Å². The SMILES string of the molecule is CCCCCCCCCCCC(=O)CCC(N)[N+](C)(C)C. The Balaban J connectivity index is 3.38. The molecule has 0 aliphatic heterocycles. The van der Waals surface area contributed by atoms with Crippen LogP contribution >= 0.6 is 0 Å². The van der Waals surface area contributed by atoms with Crippen LogP contribution in [0.15, 0.2) is 0 Å². The molecule has 0 rings (SSSR count). The van der Waals surface area contributed by atoms with Gasteiger partial charge in [-0.2, -0.15) is 0 Å². The number of nitrogens with zero attached hydrogens (tertiary/aromatic N) is 1. The molecule has 1 unspecified atom stereocenters. The van der Waals surface area contributed by atoms with Crippen LogP contribution in [0.1, 0.15) is 84.0 Å². The molecular weight excluding hydrogens is 260 g/mol. The fraction of sp³-hybridized carbons (Fsp3) is 0.944. The number of Topliss-reactive ketones (excluding diaryl/α,β-unsaturated/α-hetero) is 1. The summed E-state index contributed by atoms with van der Waals surface area (Å²) in [5, 5.41) is 0. The van der Waals surface area contributed by atoms with E-state index in [1.165, 1.54) is 51.4 Å². The molecule has 1 atom stereocenters. The molecule has 3 heteroatoms. The van der Waals surface area contributed by atoms with E-state index in [0.717, 1.165) is 23.7 Å². The van der Waals surface area contributed by atoms with Crippen LogP contribution in [-0.2, 0) is 4.79 Å². The monoisotopic (exact) mass is 299 g/mol. The van der Waals surface area contributed by atoms with Crippen molar-refractivity contribution >= 4 is 5.78 Å². The van der Waals surface area contributed by atoms with Crippen molar-refractivity contribution in [2.75, 3.05) is 21.1 Å². The van der Waals surface area contributed by atoms with Crippen molar-refractivity contribution in [3.63, 3.8) is 0 Å². The zero-order chi connectivity index (χ0) is 16.1. The highest BCUT2D eigenvalue weighted by atomic mass is 16.1. The summed E-state index contributed by atoms with van der Waals surface area (Å²) in [7, 11) is 6.24. The van der Waals surface area contributed by atoms with Crippen molar-refractivity contribution in [1.82, 2.24) is 0 Å². The van der Waals surface area contributed by atoms with Gasteiger partial charge in [-0.3, -0.25) is 10.5 Å². The third-order valence-corrected chi connectivity index (χ3v) is 4.27. The summed E-state index contributed by atoms with van der Waals surface area (Å²) in [4.78, 5) is 11.8. The third-order valence-electron chi connectivity index (χ3n) is 4.27. The summed E-state index contributed by atoms with van der Waals surface area (Å²) < 4.78 is 0.727. The fourth-order valence-electron chi connectivity index (χ4n) is 2.45. The van der Waals surface area contributed by atoms with E-state index in [1.807, 2.05) is 0 Å². The first-order valence-corrected chi connectivity index (χ1v) is 8.96. The Kier molecular flexibility index (Phi) is 11.9. The second-order valence-electron chi connectivity index (χ2n) is 7.34. The number of rotatable bonds is 14. The Hall–Kier alpha value is -0.410. The van der Waals surface area contributed by atoms with E-state index in [9.17, 15) is 4.79 Å². The van der Waals surface area contributed by atoms with Crippen LogP contribution in [0.25, 0.3) is 0 Å². The number of carbonyl (C=O) groups is 1. The first-order chi connectivity index (χ1) is 9.88. The van der Waals surface area contributed by atoms with E-state index in [2.05, 4.69) is 28.1 Å². The van der Waals surface area contributed by atoms with Crippen molar-refractivity contribution < 1.29 is 9.28 Å². The summed E-state index contributed by atoms with van der Waals surface area (Å²) in [6.07, 6.45) is 14.0. The quantitative estimate of drug-likeness (QED) is 0.296. The average molecular weight is 300 g/mol. The standard InChI is InChI=1S/C18H39N2O/c1-5-6-7-8-9-10-11-12-13-14-17(21)15-16-18(19)20(2,3)4/h18H,5-16,19H2,1-4H3/q+1. The lowest BCUT2D eigenvalue weighted by Gasteiger charge is -2.30. The van der Waals surface area contributed by atoms with Crippen molar-refractivity contribution in [1.29, 1.82) is 0 Å². The van der Waals surface area contributed by atoms with Gasteiger partial charge in [-0.05, 0) is 6.42 Å². The van der Waals surface area contributed by atoms with Crippen molar-refractivity contribution in [3.8, 4) is 0 Å². The molecule has 21 heavy (non-hydrogen) atoms. The number of hydrogen-bond acceptors (Lipinski definition) is 2. The summed E-state index contributed by atoms with van der Waals surface area (Å²) in [6.45, 7) is 2.25. The average Bonchev–Trinajstić information content (AvgIpc) is 2.41. The maximum atomic E-state index is 11.8. The normalized spacial score (nSPS) is 13.4. The molecular formula is C18H39N2O+. The molecule has 0 amide bonds. The fourth-order valence-corrected chi connectivity index (χ4v) is 2.45. The maximum Gasteiger partial charge on any atom is 0.140 e. The minimum absolute atomic E-state index is 0.0667. The summed E-state index contributed by atoms with van der Waals surface area (Å²) in [5.74, 6) is 0.391. The Morgan fingerprint density at radius 2 is 1.33 bits per heavy atom. The zero-order valence-corrected chi connectivity index (χ0v) is 15.0. The highest BCUT2D eigenvalue weighted by Gasteiger charge is 2.19. The highest BCUT2D eigenvalue weighted by molar-refractivity contribution is 5.78. The second kappa shape index (κ2) is 12.2. The summed E-state index contributed by atoms with van der Waals surface area (Å²) in [5.41, 5.74) is 6.06. The maximum absolute atomic E-state index is 11.8. The number of carbonyl (C=O) groups excluding carboxylic acids is 1. The van der Waals surface area contributed by atoms with Gasteiger partial charge in [0.05, 0.1) is 21.1 Å². The molecule has 3 nitrogen and oxygen atoms in total. The molecule has 0 fully saturated rings. The molecule has 0 saturated carbocycles. The first kappa shape index (κ1) is 20.6. The number of unbranched alkanes of at least 4 members (excludes halogenated alkanes) is 8. The molecule has 126 valence electrons. The van der Waals surface area contributed by atoms with Crippen LogP contribution in [0.5, 0.6) is 0 Å². The first-order valence-electron chi connectivity index (χ1n) is 8.96. The van der Waals surface area contributed by atoms with Gasteiger partial charge in [-0.15, -0.1) is 0 Å². The zero-order valence-electron chi connectivity index (χ0n) is 15.0. The van der Waals surface area contributed by atoms with E-state index in [-0.39, 0.29) is 6.17 Å². The van der Waals surface area contributed by atoms with Gasteiger partial charge < -0.3 is 4.48 Å². The van der Waals surface area contributed by atoms with E-state index < -0.39 is 0 Å². The van der Waals surface area contributed by atoms with Gasteiger partial charge in [0, 0.05) is 19.3 Å². The molecule has 0 aliphatic rings. The molecule has 0 heterocycles. The van der Waals surface area contributed by atoms with Gasteiger partial charge in [0.2, 0.25) is 0 Å². The lowest BCUT2D eigenvalue weighted by Crippen LogP contribution is -2.50. The summed E-state index contributed by atoms with van der Waals surface area (Å²) >= 11 is 0. The number of quaternary nitrogens is 1. The lowest BCUT2D eigenvalue weighted by atomic mass is 10.0. The van der Waals surface area contributed by atoms with Crippen molar-refractivity contribution in [2.45, 2.75) is 90.1 Å². The van der Waals surface area contributed by atoms with Gasteiger partial charge in [0.15, 0.2) is 0 Å². The molecule has 2 N–H and O–H groups in total. The van der Waals surface area contributed by atoms with Crippen LogP contribution < -0.4 is 5.73 Å². The molecule has 0 aliphatic carbocycles. The molecule has 0 saturated heterocycles. The van der Waals surface area contributed by atoms with Crippen LogP contribution in [0.4, 0.5) is 0 Å². The molecule has 0 spiro atoms. The smallest absolute Gasteiger partial charge is 0.140 e. The molecule has 0 aromatic heterocycles. The van der Waals surface area contributed by atoms with Crippen LogP contribution in [0.3, 0.4) is 0 Å². The minimum atomic E-state index is 0.0667. The number of nitrogens with two attached hydrogens (primary N) is 1. The largest absolute Gasteiger partial charge is 0.316 e. The third kappa shape index (κ3) is 13.0.